The molecule has 8 nitrogen and oxygen atoms in total. The fraction of sp³-hybridized carbons (Fsp3) is 0.382. The average molecular weight is 654 g/mol. The molecule has 12 heteroatoms. The number of benzene rings is 2. The summed E-state index contributed by atoms with van der Waals surface area (Å²) in [6, 6.07) is 5.13. The highest BCUT2D eigenvalue weighted by Crippen LogP contribution is 2.45. The molecule has 3 aliphatic rings. The summed E-state index contributed by atoms with van der Waals surface area (Å²) in [4.78, 5) is 15.9. The van der Waals surface area contributed by atoms with E-state index >= 15 is 8.78 Å². The van der Waals surface area contributed by atoms with Crippen molar-refractivity contribution in [1.82, 2.24) is 19.9 Å². The van der Waals surface area contributed by atoms with E-state index < -0.39 is 55.5 Å². The molecule has 0 unspecified atom stereocenters. The van der Waals surface area contributed by atoms with Gasteiger partial charge in [0.05, 0.1) is 44.3 Å². The first-order valence-electron chi connectivity index (χ1n) is 17.2. The second-order valence-corrected chi connectivity index (χ2v) is 12.4. The minimum atomic E-state index is -2.83. The van der Waals surface area contributed by atoms with E-state index in [1.165, 1.54) is 19.2 Å². The van der Waals surface area contributed by atoms with Crippen molar-refractivity contribution < 1.29 is 29.5 Å². The highest BCUT2D eigenvalue weighted by Gasteiger charge is 2.56. The molecule has 0 amide bonds. The molecule has 238 valence electrons. The molecule has 3 fully saturated rings. The number of aromatic nitrogens is 3. The number of fused-ring (bicyclic) bond motifs is 3. The molecule has 2 N–H and O–H groups in total. The Hall–Kier alpha value is -4.11. The van der Waals surface area contributed by atoms with E-state index in [0.29, 0.717) is 10.8 Å². The summed E-state index contributed by atoms with van der Waals surface area (Å²) >= 11 is 6.43. The summed E-state index contributed by atoms with van der Waals surface area (Å²) in [5.41, 5.74) is 4.58. The van der Waals surface area contributed by atoms with Crippen LogP contribution >= 0.6 is 11.6 Å². The largest absolute Gasteiger partial charge is 0.462 e. The van der Waals surface area contributed by atoms with Crippen LogP contribution < -0.4 is 15.4 Å². The average Bonchev–Trinajstić information content (AvgIpc) is 3.77. The Balaban J connectivity index is 1.42. The minimum Gasteiger partial charge on any atom is -0.462 e. The van der Waals surface area contributed by atoms with Gasteiger partial charge in [-0.05, 0) is 42.6 Å². The molecule has 0 radical (unpaired) electrons. The van der Waals surface area contributed by atoms with Crippen LogP contribution in [0.5, 0.6) is 6.01 Å². The summed E-state index contributed by atoms with van der Waals surface area (Å²) in [6.45, 7) is -4.02. The SMILES string of the molecule is [2H]C([2H])([2H])N1CC/C(=C\F)[C@](C)(C([2H])([2H])Oc2nc(N3CCOC[C@H]4[C@H](F)[C@H]43)c3cnc(-c4cc(N)cc5ccc(Cl)c(C#C)c45)c(F)c3n2)C1. The van der Waals surface area contributed by atoms with Crippen LogP contribution in [0, 0.1) is 29.5 Å². The van der Waals surface area contributed by atoms with Crippen LogP contribution in [0.15, 0.2) is 42.4 Å². The fourth-order valence-electron chi connectivity index (χ4n) is 6.48. The van der Waals surface area contributed by atoms with Crippen LogP contribution in [0.3, 0.4) is 0 Å². The van der Waals surface area contributed by atoms with Gasteiger partial charge in [0.1, 0.15) is 29.8 Å². The lowest BCUT2D eigenvalue weighted by atomic mass is 9.78. The molecule has 1 saturated carbocycles. The van der Waals surface area contributed by atoms with Gasteiger partial charge in [-0.1, -0.05) is 30.5 Å². The molecule has 2 aliphatic heterocycles. The van der Waals surface area contributed by atoms with Crippen LogP contribution in [0.4, 0.5) is 24.7 Å². The van der Waals surface area contributed by atoms with Gasteiger partial charge in [0.2, 0.25) is 0 Å². The summed E-state index contributed by atoms with van der Waals surface area (Å²) in [6.07, 6.45) is 6.04. The Labute approximate surface area is 276 Å². The van der Waals surface area contributed by atoms with E-state index in [1.54, 1.807) is 23.1 Å². The number of nitrogens with two attached hydrogens (primary N) is 1. The van der Waals surface area contributed by atoms with Crippen molar-refractivity contribution in [3.63, 3.8) is 0 Å². The Morgan fingerprint density at radius 1 is 1.35 bits per heavy atom. The normalized spacial score (nSPS) is 28.0. The lowest BCUT2D eigenvalue weighted by Gasteiger charge is -2.40. The second-order valence-electron chi connectivity index (χ2n) is 12.0. The number of rotatable bonds is 5. The molecular formula is C34H32ClF3N6O2. The maximum Gasteiger partial charge on any atom is 0.319 e. The number of likely N-dealkylation sites (tertiary alicyclic amines) is 1. The van der Waals surface area contributed by atoms with E-state index in [0.717, 1.165) is 4.90 Å². The number of piperidine rings is 1. The van der Waals surface area contributed by atoms with Crippen molar-refractivity contribution in [1.29, 1.82) is 0 Å². The number of alkyl halides is 1. The van der Waals surface area contributed by atoms with Crippen molar-refractivity contribution in [3.05, 3.63) is 58.8 Å². The number of nitrogen functional groups attached to an aromatic ring is 1. The maximum atomic E-state index is 17.0. The van der Waals surface area contributed by atoms with Crippen molar-refractivity contribution in [2.24, 2.45) is 11.3 Å². The number of hydrogen-bond donors (Lipinski definition) is 1. The topological polar surface area (TPSA) is 89.6 Å². The van der Waals surface area contributed by atoms with Crippen LogP contribution in [0.2, 0.25) is 5.02 Å². The Morgan fingerprint density at radius 3 is 2.98 bits per heavy atom. The molecule has 0 spiro atoms. The fourth-order valence-corrected chi connectivity index (χ4v) is 6.69. The summed E-state index contributed by atoms with van der Waals surface area (Å²) < 4.78 is 99.5. The van der Waals surface area contributed by atoms with Gasteiger partial charge >= 0.3 is 6.01 Å². The first-order valence-corrected chi connectivity index (χ1v) is 15.0. The molecule has 4 heterocycles. The zero-order valence-corrected chi connectivity index (χ0v) is 25.4. The molecule has 4 aromatic rings. The van der Waals surface area contributed by atoms with E-state index in [2.05, 4.69) is 20.9 Å². The lowest BCUT2D eigenvalue weighted by Crippen LogP contribution is -2.44. The number of pyridine rings is 1. The predicted octanol–water partition coefficient (Wildman–Crippen LogP) is 5.95. The summed E-state index contributed by atoms with van der Waals surface area (Å²) in [5, 5.41) is 1.31. The van der Waals surface area contributed by atoms with Gasteiger partial charge in [-0.15, -0.1) is 6.42 Å². The first kappa shape index (κ1) is 25.0. The van der Waals surface area contributed by atoms with Gasteiger partial charge in [-0.25, -0.2) is 13.2 Å². The molecule has 4 atom stereocenters. The van der Waals surface area contributed by atoms with Gasteiger partial charge in [0.15, 0.2) is 5.82 Å². The highest BCUT2D eigenvalue weighted by molar-refractivity contribution is 6.33. The third-order valence-electron chi connectivity index (χ3n) is 8.95. The Morgan fingerprint density at radius 2 is 2.20 bits per heavy atom. The molecule has 2 aromatic heterocycles. The molecule has 1 aliphatic carbocycles. The number of ether oxygens (including phenoxy) is 2. The minimum absolute atomic E-state index is 0.0195. The monoisotopic (exact) mass is 653 g/mol. The lowest BCUT2D eigenvalue weighted by molar-refractivity contribution is 0.109. The standard InChI is InChI=1S/C34H32ClF3N6O2/c1-4-21-25(35)6-5-18-11-20(39)12-22(26(18)21)29-28(38)30-23(14-40-29)32(44-9-10-45-15-24-27(37)31(24)44)42-33(41-30)46-17-34(2)16-43(3)8-7-19(34)13-36/h1,5-6,11-14,24,27,31H,7-10,15-17,39H2,2-3H3/b19-13+/t24-,27-,31-,34-/m0/s1/i3D3,17D2. The Bertz CT molecular complexity index is 2150. The third kappa shape index (κ3) is 5.09. The van der Waals surface area contributed by atoms with Crippen molar-refractivity contribution in [2.45, 2.75) is 25.6 Å². The van der Waals surface area contributed by atoms with Crippen LogP contribution in [-0.4, -0.2) is 78.4 Å². The van der Waals surface area contributed by atoms with Gasteiger partial charge in [-0.3, -0.25) is 4.98 Å². The van der Waals surface area contributed by atoms with Gasteiger partial charge < -0.3 is 25.0 Å². The van der Waals surface area contributed by atoms with Crippen molar-refractivity contribution >= 4 is 44.8 Å². The number of halogens is 4. The van der Waals surface area contributed by atoms with Gasteiger partial charge in [0, 0.05) is 57.9 Å². The molecule has 2 saturated heterocycles. The number of hydrogen-bond acceptors (Lipinski definition) is 8. The van der Waals surface area contributed by atoms with E-state index in [9.17, 15) is 4.39 Å². The number of anilines is 2. The summed E-state index contributed by atoms with van der Waals surface area (Å²) in [7, 11) is 0. The van der Waals surface area contributed by atoms with E-state index in [4.69, 9.17) is 40.1 Å². The zero-order valence-electron chi connectivity index (χ0n) is 29.7. The predicted molar refractivity (Wildman–Crippen MR) is 173 cm³/mol. The molecule has 0 bridgehead atoms. The van der Waals surface area contributed by atoms with Crippen molar-refractivity contribution in [3.8, 4) is 29.6 Å². The summed E-state index contributed by atoms with van der Waals surface area (Å²) in [5.74, 6) is 1.14. The Kier molecular flexibility index (Phi) is 6.31. The van der Waals surface area contributed by atoms with Gasteiger partial charge in [-0.2, -0.15) is 9.97 Å². The van der Waals surface area contributed by atoms with Gasteiger partial charge in [0.25, 0.3) is 0 Å². The highest BCUT2D eigenvalue weighted by atomic mass is 35.5. The van der Waals surface area contributed by atoms with Crippen LogP contribution in [0.1, 0.15) is 25.8 Å². The van der Waals surface area contributed by atoms with Crippen LogP contribution in [-0.2, 0) is 4.74 Å². The molecule has 7 rings (SSSR count). The second kappa shape index (κ2) is 11.6. The third-order valence-corrected chi connectivity index (χ3v) is 9.27. The maximum absolute atomic E-state index is 17.0. The molecule has 46 heavy (non-hydrogen) atoms. The number of nitrogens with zero attached hydrogens (tertiary/aromatic N) is 5. The van der Waals surface area contributed by atoms with E-state index in [-0.39, 0.29) is 88.9 Å². The van der Waals surface area contributed by atoms with Crippen molar-refractivity contribution in [2.75, 3.05) is 57.0 Å². The smallest absolute Gasteiger partial charge is 0.319 e. The molecular weight excluding hydrogens is 617 g/mol. The molecule has 2 aromatic carbocycles. The van der Waals surface area contributed by atoms with E-state index in [1.807, 2.05) is 0 Å². The van der Waals surface area contributed by atoms with Crippen LogP contribution in [0.25, 0.3) is 32.9 Å². The number of terminal acetylenes is 1. The first-order chi connectivity index (χ1) is 24.1. The quantitative estimate of drug-likeness (QED) is 0.209. The zero-order chi connectivity index (χ0) is 36.6.